The van der Waals surface area contributed by atoms with Crippen molar-refractivity contribution in [2.24, 2.45) is 0 Å². The molecule has 4 rings (SSSR count). The number of anilines is 2. The average molecular weight is 376 g/mol. The molecule has 2 aromatic carbocycles. The molecule has 0 saturated carbocycles. The van der Waals surface area contributed by atoms with E-state index in [0.29, 0.717) is 11.6 Å². The van der Waals surface area contributed by atoms with E-state index in [9.17, 15) is 4.79 Å². The van der Waals surface area contributed by atoms with Crippen LogP contribution in [0.25, 0.3) is 11.3 Å². The fraction of sp³-hybridized carbons (Fsp3) is 0.286. The maximum atomic E-state index is 12.3. The quantitative estimate of drug-likeness (QED) is 0.712. The van der Waals surface area contributed by atoms with Crippen molar-refractivity contribution in [1.29, 1.82) is 0 Å². The lowest BCUT2D eigenvalue weighted by Gasteiger charge is -2.32. The van der Waals surface area contributed by atoms with E-state index in [4.69, 9.17) is 0 Å². The molecule has 2 N–H and O–H groups in total. The predicted octanol–water partition coefficient (Wildman–Crippen LogP) is 2.32. The number of nitrogens with one attached hydrogen (secondary N) is 2. The normalized spacial score (nSPS) is 15.5. The van der Waals surface area contributed by atoms with Crippen LogP contribution in [-0.4, -0.2) is 58.2 Å². The van der Waals surface area contributed by atoms with Gasteiger partial charge in [0.05, 0.1) is 0 Å². The van der Waals surface area contributed by atoms with Crippen LogP contribution in [0.4, 0.5) is 11.6 Å². The van der Waals surface area contributed by atoms with Crippen LogP contribution in [0.2, 0.25) is 0 Å². The largest absolute Gasteiger partial charge is 0.324 e. The highest BCUT2D eigenvalue weighted by atomic mass is 16.1. The Kier molecular flexibility index (Phi) is 5.45. The molecule has 0 amide bonds. The minimum Gasteiger partial charge on any atom is -0.324 e. The zero-order valence-electron chi connectivity index (χ0n) is 15.9. The zero-order valence-corrected chi connectivity index (χ0v) is 15.9. The van der Waals surface area contributed by atoms with Crippen molar-refractivity contribution in [2.75, 3.05) is 38.5 Å². The third kappa shape index (κ3) is 4.44. The second kappa shape index (κ2) is 8.33. The van der Waals surface area contributed by atoms with Gasteiger partial charge in [0.2, 0.25) is 5.95 Å². The number of piperazine rings is 1. The summed E-state index contributed by atoms with van der Waals surface area (Å²) < 4.78 is 0. The first-order chi connectivity index (χ1) is 13.7. The summed E-state index contributed by atoms with van der Waals surface area (Å²) >= 11 is 0. The van der Waals surface area contributed by atoms with Gasteiger partial charge in [0.15, 0.2) is 5.69 Å². The summed E-state index contributed by atoms with van der Waals surface area (Å²) in [4.78, 5) is 19.9. The Balaban J connectivity index is 1.40. The molecule has 144 valence electrons. The molecule has 1 aromatic heterocycles. The highest BCUT2D eigenvalue weighted by Gasteiger charge is 2.13. The minimum absolute atomic E-state index is 0.268. The lowest BCUT2D eigenvalue weighted by molar-refractivity contribution is 0.148. The third-order valence-electron chi connectivity index (χ3n) is 4.96. The fourth-order valence-electron chi connectivity index (χ4n) is 3.27. The smallest absolute Gasteiger partial charge is 0.279 e. The summed E-state index contributed by atoms with van der Waals surface area (Å²) in [5.41, 5.74) is 2.92. The Morgan fingerprint density at radius 2 is 1.68 bits per heavy atom. The van der Waals surface area contributed by atoms with Crippen LogP contribution in [0.5, 0.6) is 0 Å². The second-order valence-electron chi connectivity index (χ2n) is 7.12. The van der Waals surface area contributed by atoms with Crippen molar-refractivity contribution >= 4 is 11.6 Å². The van der Waals surface area contributed by atoms with Crippen molar-refractivity contribution in [3.05, 3.63) is 70.5 Å². The van der Waals surface area contributed by atoms with E-state index in [-0.39, 0.29) is 5.56 Å². The van der Waals surface area contributed by atoms with Gasteiger partial charge in [-0.3, -0.25) is 14.7 Å². The van der Waals surface area contributed by atoms with Gasteiger partial charge in [-0.05, 0) is 24.7 Å². The minimum atomic E-state index is -0.268. The van der Waals surface area contributed by atoms with Crippen LogP contribution in [0, 0.1) is 0 Å². The Morgan fingerprint density at radius 1 is 0.964 bits per heavy atom. The van der Waals surface area contributed by atoms with Gasteiger partial charge in [-0.2, -0.15) is 0 Å². The van der Waals surface area contributed by atoms with Crippen molar-refractivity contribution in [3.63, 3.8) is 0 Å². The molecule has 0 atom stereocenters. The number of aromatic nitrogens is 3. The number of hydrogen-bond donors (Lipinski definition) is 2. The van der Waals surface area contributed by atoms with Crippen LogP contribution < -0.4 is 10.9 Å². The molecule has 0 unspecified atom stereocenters. The van der Waals surface area contributed by atoms with Gasteiger partial charge in [-0.15, -0.1) is 10.2 Å². The van der Waals surface area contributed by atoms with Crippen molar-refractivity contribution < 1.29 is 0 Å². The van der Waals surface area contributed by atoms with Gasteiger partial charge in [0, 0.05) is 44.0 Å². The molecule has 3 aromatic rings. The molecule has 0 radical (unpaired) electrons. The molecule has 1 saturated heterocycles. The number of hydrogen-bond acceptors (Lipinski definition) is 6. The summed E-state index contributed by atoms with van der Waals surface area (Å²) in [6.45, 7) is 5.38. The van der Waals surface area contributed by atoms with E-state index < -0.39 is 0 Å². The highest BCUT2D eigenvalue weighted by molar-refractivity contribution is 5.58. The topological polar surface area (TPSA) is 77.2 Å². The molecule has 0 aliphatic carbocycles. The molecule has 1 aliphatic rings. The number of aromatic amines is 1. The molecular weight excluding hydrogens is 352 g/mol. The molecule has 2 heterocycles. The zero-order chi connectivity index (χ0) is 19.3. The third-order valence-corrected chi connectivity index (χ3v) is 4.96. The van der Waals surface area contributed by atoms with Crippen LogP contribution in [0.15, 0.2) is 59.4 Å². The van der Waals surface area contributed by atoms with E-state index in [1.54, 1.807) is 0 Å². The standard InChI is InChI=1S/C21H24N6O/c1-26-11-13-27(14-12-26)15-16-7-9-18(10-8-16)22-21-23-20(28)19(24-25-21)17-5-3-2-4-6-17/h2-10H,11-15H2,1H3,(H2,22,23,25,28). The number of nitrogens with zero attached hydrogens (tertiary/aromatic N) is 4. The molecule has 7 heteroatoms. The van der Waals surface area contributed by atoms with Crippen LogP contribution in [0.3, 0.4) is 0 Å². The SMILES string of the molecule is CN1CCN(Cc2ccc(Nc3nnc(-c4ccccc4)c(=O)[nH]3)cc2)CC1. The maximum absolute atomic E-state index is 12.3. The first-order valence-electron chi connectivity index (χ1n) is 9.47. The lowest BCUT2D eigenvalue weighted by atomic mass is 10.2. The summed E-state index contributed by atoms with van der Waals surface area (Å²) in [5, 5.41) is 11.3. The Bertz CT molecular complexity index is 962. The number of likely N-dealkylation sites (N-methyl/N-ethyl adjacent to an activating group) is 1. The first kappa shape index (κ1) is 18.3. The Hall–Kier alpha value is -3.03. The van der Waals surface area contributed by atoms with Crippen LogP contribution in [0.1, 0.15) is 5.56 Å². The second-order valence-corrected chi connectivity index (χ2v) is 7.12. The molecule has 0 bridgehead atoms. The number of rotatable bonds is 5. The maximum Gasteiger partial charge on any atom is 0.279 e. The van der Waals surface area contributed by atoms with Crippen molar-refractivity contribution in [2.45, 2.75) is 6.54 Å². The average Bonchev–Trinajstić information content (AvgIpc) is 2.72. The summed E-state index contributed by atoms with van der Waals surface area (Å²) in [6.07, 6.45) is 0. The lowest BCUT2D eigenvalue weighted by Crippen LogP contribution is -2.43. The Labute approximate surface area is 164 Å². The molecule has 1 aliphatic heterocycles. The van der Waals surface area contributed by atoms with Gasteiger partial charge in [0.25, 0.3) is 5.56 Å². The van der Waals surface area contributed by atoms with E-state index in [1.807, 2.05) is 42.5 Å². The van der Waals surface area contributed by atoms with Crippen molar-refractivity contribution in [3.8, 4) is 11.3 Å². The summed E-state index contributed by atoms with van der Waals surface area (Å²) in [7, 11) is 2.16. The first-order valence-corrected chi connectivity index (χ1v) is 9.47. The van der Waals surface area contributed by atoms with Gasteiger partial charge < -0.3 is 10.2 Å². The van der Waals surface area contributed by atoms with Gasteiger partial charge in [-0.1, -0.05) is 42.5 Å². The Morgan fingerprint density at radius 3 is 2.36 bits per heavy atom. The monoisotopic (exact) mass is 376 g/mol. The van der Waals surface area contributed by atoms with E-state index in [1.165, 1.54) is 5.56 Å². The van der Waals surface area contributed by atoms with Gasteiger partial charge in [-0.25, -0.2) is 0 Å². The van der Waals surface area contributed by atoms with Gasteiger partial charge >= 0.3 is 0 Å². The highest BCUT2D eigenvalue weighted by Crippen LogP contribution is 2.16. The number of benzene rings is 2. The summed E-state index contributed by atoms with van der Waals surface area (Å²) in [6, 6.07) is 17.5. The number of H-pyrrole nitrogens is 1. The van der Waals surface area contributed by atoms with E-state index in [2.05, 4.69) is 49.5 Å². The summed E-state index contributed by atoms with van der Waals surface area (Å²) in [5.74, 6) is 0.330. The molecule has 7 nitrogen and oxygen atoms in total. The van der Waals surface area contributed by atoms with Crippen molar-refractivity contribution in [1.82, 2.24) is 25.0 Å². The molecule has 0 spiro atoms. The van der Waals surface area contributed by atoms with Crippen LogP contribution in [-0.2, 0) is 6.54 Å². The van der Waals surface area contributed by atoms with Gasteiger partial charge in [0.1, 0.15) is 0 Å². The molecule has 28 heavy (non-hydrogen) atoms. The molecular formula is C21H24N6O. The molecule has 1 fully saturated rings. The van der Waals surface area contributed by atoms with E-state index in [0.717, 1.165) is 44.0 Å². The van der Waals surface area contributed by atoms with E-state index >= 15 is 0 Å². The fourth-order valence-corrected chi connectivity index (χ4v) is 3.27. The predicted molar refractivity (Wildman–Crippen MR) is 111 cm³/mol. The van der Waals surface area contributed by atoms with Crippen LogP contribution >= 0.6 is 0 Å².